The summed E-state index contributed by atoms with van der Waals surface area (Å²) in [5, 5.41) is 2.95. The number of rotatable bonds is 4. The van der Waals surface area contributed by atoms with Crippen LogP contribution in [0, 0.1) is 0 Å². The van der Waals surface area contributed by atoms with Crippen molar-refractivity contribution in [3.8, 4) is 11.5 Å². The zero-order valence-corrected chi connectivity index (χ0v) is 14.8. The van der Waals surface area contributed by atoms with Crippen LogP contribution in [0.15, 0.2) is 36.5 Å². The van der Waals surface area contributed by atoms with Gasteiger partial charge in [-0.25, -0.2) is 4.98 Å². The summed E-state index contributed by atoms with van der Waals surface area (Å²) in [5.74, 6) is 2.21. The summed E-state index contributed by atoms with van der Waals surface area (Å²) in [6, 6.07) is 9.29. The molecule has 4 rings (SSSR count). The van der Waals surface area contributed by atoms with Crippen molar-refractivity contribution in [2.45, 2.75) is 6.54 Å². The van der Waals surface area contributed by atoms with Gasteiger partial charge >= 0.3 is 0 Å². The van der Waals surface area contributed by atoms with E-state index in [4.69, 9.17) is 9.47 Å². The summed E-state index contributed by atoms with van der Waals surface area (Å²) < 4.78 is 10.7. The number of anilines is 1. The van der Waals surface area contributed by atoms with E-state index in [1.165, 1.54) is 0 Å². The van der Waals surface area contributed by atoms with Crippen molar-refractivity contribution >= 4 is 11.7 Å². The molecule has 7 nitrogen and oxygen atoms in total. The minimum atomic E-state index is -0.111. The number of nitrogens with zero attached hydrogens (tertiary/aromatic N) is 3. The molecule has 0 atom stereocenters. The normalized spacial score (nSPS) is 16.6. The van der Waals surface area contributed by atoms with Gasteiger partial charge in [0.2, 0.25) is 6.79 Å². The van der Waals surface area contributed by atoms with Crippen LogP contribution in [0.3, 0.4) is 0 Å². The highest BCUT2D eigenvalue weighted by Gasteiger charge is 2.17. The molecule has 0 radical (unpaired) electrons. The van der Waals surface area contributed by atoms with Crippen molar-refractivity contribution in [2.24, 2.45) is 0 Å². The average Bonchev–Trinajstić information content (AvgIpc) is 3.14. The third kappa shape index (κ3) is 3.57. The van der Waals surface area contributed by atoms with Crippen LogP contribution in [0.25, 0.3) is 0 Å². The molecule has 1 amide bonds. The first-order valence-corrected chi connectivity index (χ1v) is 8.75. The number of likely N-dealkylation sites (N-methyl/N-ethyl adjacent to an activating group) is 1. The maximum absolute atomic E-state index is 12.5. The van der Waals surface area contributed by atoms with E-state index in [0.29, 0.717) is 12.1 Å². The maximum atomic E-state index is 12.5. The van der Waals surface area contributed by atoms with Crippen LogP contribution in [0.4, 0.5) is 5.82 Å². The highest BCUT2D eigenvalue weighted by Crippen LogP contribution is 2.32. The number of ether oxygens (including phenoxy) is 2. The SMILES string of the molecule is CN1CCN(c2cc(C(=O)NCc3ccc4c(c3)OCO4)ccn2)CC1. The zero-order chi connectivity index (χ0) is 17.9. The Morgan fingerprint density at radius 1 is 1.12 bits per heavy atom. The molecule has 2 aliphatic heterocycles. The fourth-order valence-corrected chi connectivity index (χ4v) is 3.10. The molecule has 0 spiro atoms. The number of pyridine rings is 1. The van der Waals surface area contributed by atoms with E-state index in [1.54, 1.807) is 12.3 Å². The van der Waals surface area contributed by atoms with Gasteiger partial charge in [0, 0.05) is 44.5 Å². The molecule has 136 valence electrons. The molecule has 7 heteroatoms. The van der Waals surface area contributed by atoms with Crippen molar-refractivity contribution < 1.29 is 14.3 Å². The lowest BCUT2D eigenvalue weighted by molar-refractivity contribution is 0.0950. The maximum Gasteiger partial charge on any atom is 0.251 e. The van der Waals surface area contributed by atoms with E-state index in [-0.39, 0.29) is 12.7 Å². The first-order valence-electron chi connectivity index (χ1n) is 8.75. The molecular weight excluding hydrogens is 332 g/mol. The van der Waals surface area contributed by atoms with E-state index in [1.807, 2.05) is 24.3 Å². The van der Waals surface area contributed by atoms with Crippen LogP contribution in [0.5, 0.6) is 11.5 Å². The van der Waals surface area contributed by atoms with E-state index >= 15 is 0 Å². The van der Waals surface area contributed by atoms with Crippen LogP contribution >= 0.6 is 0 Å². The van der Waals surface area contributed by atoms with Crippen LogP contribution in [-0.2, 0) is 6.54 Å². The number of piperazine rings is 1. The number of amides is 1. The largest absolute Gasteiger partial charge is 0.454 e. The molecule has 1 aromatic heterocycles. The molecule has 1 N–H and O–H groups in total. The molecule has 3 heterocycles. The van der Waals surface area contributed by atoms with Gasteiger partial charge in [0.1, 0.15) is 5.82 Å². The van der Waals surface area contributed by atoms with E-state index in [0.717, 1.165) is 49.1 Å². The van der Waals surface area contributed by atoms with Gasteiger partial charge in [-0.3, -0.25) is 4.79 Å². The molecule has 1 aromatic carbocycles. The van der Waals surface area contributed by atoms with Crippen molar-refractivity contribution in [3.05, 3.63) is 47.7 Å². The Morgan fingerprint density at radius 3 is 2.77 bits per heavy atom. The monoisotopic (exact) mass is 354 g/mol. The van der Waals surface area contributed by atoms with Gasteiger partial charge in [0.05, 0.1) is 0 Å². The number of hydrogen-bond donors (Lipinski definition) is 1. The fourth-order valence-electron chi connectivity index (χ4n) is 3.10. The number of fused-ring (bicyclic) bond motifs is 1. The third-order valence-corrected chi connectivity index (χ3v) is 4.73. The lowest BCUT2D eigenvalue weighted by Gasteiger charge is -2.33. The summed E-state index contributed by atoms with van der Waals surface area (Å²) in [5.41, 5.74) is 1.59. The summed E-state index contributed by atoms with van der Waals surface area (Å²) in [6.45, 7) is 4.53. The van der Waals surface area contributed by atoms with E-state index < -0.39 is 0 Å². The van der Waals surface area contributed by atoms with Gasteiger partial charge in [-0.1, -0.05) is 6.07 Å². The van der Waals surface area contributed by atoms with Crippen molar-refractivity contribution in [2.75, 3.05) is 44.9 Å². The van der Waals surface area contributed by atoms with Crippen LogP contribution < -0.4 is 19.7 Å². The van der Waals surface area contributed by atoms with Gasteiger partial charge in [-0.05, 0) is 36.9 Å². The van der Waals surface area contributed by atoms with Gasteiger partial charge in [0.25, 0.3) is 5.91 Å². The Labute approximate surface area is 152 Å². The van der Waals surface area contributed by atoms with Gasteiger partial charge in [-0.2, -0.15) is 0 Å². The number of carbonyl (C=O) groups excluding carboxylic acids is 1. The molecular formula is C19H22N4O3. The molecule has 0 unspecified atom stereocenters. The van der Waals surface area contributed by atoms with Gasteiger partial charge in [0.15, 0.2) is 11.5 Å². The van der Waals surface area contributed by atoms with Crippen molar-refractivity contribution in [1.82, 2.24) is 15.2 Å². The second kappa shape index (κ2) is 7.21. The summed E-state index contributed by atoms with van der Waals surface area (Å²) in [6.07, 6.45) is 1.70. The third-order valence-electron chi connectivity index (χ3n) is 4.73. The summed E-state index contributed by atoms with van der Waals surface area (Å²) in [4.78, 5) is 21.4. The minimum Gasteiger partial charge on any atom is -0.454 e. The van der Waals surface area contributed by atoms with Crippen molar-refractivity contribution in [3.63, 3.8) is 0 Å². The van der Waals surface area contributed by atoms with E-state index in [2.05, 4.69) is 27.1 Å². The van der Waals surface area contributed by atoms with Gasteiger partial charge < -0.3 is 24.6 Å². The molecule has 2 aromatic rings. The molecule has 26 heavy (non-hydrogen) atoms. The summed E-state index contributed by atoms with van der Waals surface area (Å²) in [7, 11) is 2.12. The first kappa shape index (κ1) is 16.7. The molecule has 2 aliphatic rings. The predicted octanol–water partition coefficient (Wildman–Crippen LogP) is 1.49. The van der Waals surface area contributed by atoms with Crippen molar-refractivity contribution in [1.29, 1.82) is 0 Å². The molecule has 1 saturated heterocycles. The zero-order valence-electron chi connectivity index (χ0n) is 14.8. The number of benzene rings is 1. The first-order chi connectivity index (χ1) is 12.7. The number of hydrogen-bond acceptors (Lipinski definition) is 6. The summed E-state index contributed by atoms with van der Waals surface area (Å²) >= 11 is 0. The number of nitrogens with one attached hydrogen (secondary N) is 1. The lowest BCUT2D eigenvalue weighted by atomic mass is 10.2. The number of aromatic nitrogens is 1. The topological polar surface area (TPSA) is 66.9 Å². The minimum absolute atomic E-state index is 0.111. The number of carbonyl (C=O) groups is 1. The van der Waals surface area contributed by atoms with Crippen LogP contribution in [-0.4, -0.2) is 55.8 Å². The Kier molecular flexibility index (Phi) is 4.62. The van der Waals surface area contributed by atoms with Crippen LogP contribution in [0.1, 0.15) is 15.9 Å². The lowest BCUT2D eigenvalue weighted by Crippen LogP contribution is -2.44. The second-order valence-corrected chi connectivity index (χ2v) is 6.56. The van der Waals surface area contributed by atoms with E-state index in [9.17, 15) is 4.79 Å². The molecule has 0 aliphatic carbocycles. The Balaban J connectivity index is 1.39. The molecule has 0 bridgehead atoms. The average molecular weight is 354 g/mol. The molecule has 0 saturated carbocycles. The Bertz CT molecular complexity index is 803. The standard InChI is InChI=1S/C19H22N4O3/c1-22-6-8-23(9-7-22)18-11-15(4-5-20-18)19(24)21-12-14-2-3-16-17(10-14)26-13-25-16/h2-5,10-11H,6-9,12-13H2,1H3,(H,21,24). The predicted molar refractivity (Wildman–Crippen MR) is 97.7 cm³/mol. The Hall–Kier alpha value is -2.80. The smallest absolute Gasteiger partial charge is 0.251 e. The van der Waals surface area contributed by atoms with Crippen LogP contribution in [0.2, 0.25) is 0 Å². The Morgan fingerprint density at radius 2 is 1.92 bits per heavy atom. The second-order valence-electron chi connectivity index (χ2n) is 6.56. The van der Waals surface area contributed by atoms with Gasteiger partial charge in [-0.15, -0.1) is 0 Å². The highest BCUT2D eigenvalue weighted by molar-refractivity contribution is 5.94. The molecule has 1 fully saturated rings. The highest BCUT2D eigenvalue weighted by atomic mass is 16.7. The quantitative estimate of drug-likeness (QED) is 0.897. The fraction of sp³-hybridized carbons (Fsp3) is 0.368.